The van der Waals surface area contributed by atoms with Crippen LogP contribution in [0.4, 0.5) is 0 Å². The van der Waals surface area contributed by atoms with Crippen LogP contribution in [0.15, 0.2) is 42.5 Å². The molecule has 4 aromatic rings. The van der Waals surface area contributed by atoms with Crippen LogP contribution in [0.2, 0.25) is 0 Å². The third-order valence-corrected chi connectivity index (χ3v) is 3.85. The SMILES string of the molecule is COc1cccc2c(C(=O)O)c3[nH]c4ccccc4c3nc12. The summed E-state index contributed by atoms with van der Waals surface area (Å²) in [7, 11) is 1.55. The molecule has 108 valence electrons. The van der Waals surface area contributed by atoms with Crippen molar-refractivity contribution in [1.29, 1.82) is 0 Å². The molecule has 0 aliphatic carbocycles. The predicted octanol–water partition coefficient (Wildman–Crippen LogP) is 3.58. The summed E-state index contributed by atoms with van der Waals surface area (Å²) in [5, 5.41) is 11.1. The van der Waals surface area contributed by atoms with Gasteiger partial charge in [-0.15, -0.1) is 0 Å². The molecule has 0 saturated carbocycles. The topological polar surface area (TPSA) is 75.2 Å². The summed E-state index contributed by atoms with van der Waals surface area (Å²) in [6, 6.07) is 12.9. The quantitative estimate of drug-likeness (QED) is 0.592. The van der Waals surface area contributed by atoms with E-state index in [2.05, 4.69) is 9.97 Å². The number of methoxy groups -OCH3 is 1. The van der Waals surface area contributed by atoms with Crippen LogP contribution in [0.5, 0.6) is 5.75 Å². The first-order valence-corrected chi connectivity index (χ1v) is 6.81. The third-order valence-electron chi connectivity index (χ3n) is 3.85. The van der Waals surface area contributed by atoms with E-state index in [4.69, 9.17) is 4.74 Å². The molecule has 0 fully saturated rings. The van der Waals surface area contributed by atoms with Crippen molar-refractivity contribution in [3.8, 4) is 5.75 Å². The zero-order valence-corrected chi connectivity index (χ0v) is 11.8. The van der Waals surface area contributed by atoms with Crippen LogP contribution in [0.1, 0.15) is 10.4 Å². The van der Waals surface area contributed by atoms with E-state index in [1.807, 2.05) is 24.3 Å². The van der Waals surface area contributed by atoms with Crippen molar-refractivity contribution in [2.75, 3.05) is 7.11 Å². The number of nitrogens with zero attached hydrogens (tertiary/aromatic N) is 1. The fourth-order valence-corrected chi connectivity index (χ4v) is 2.90. The molecule has 22 heavy (non-hydrogen) atoms. The Kier molecular flexibility index (Phi) is 2.56. The van der Waals surface area contributed by atoms with Crippen molar-refractivity contribution in [2.24, 2.45) is 0 Å². The standard InChI is InChI=1S/C17H12N2O3/c1-22-12-8-4-6-10-13(17(20)21)16-15(19-14(10)12)9-5-2-3-7-11(9)18-16/h2-8,18H,1H3,(H,20,21). The highest BCUT2D eigenvalue weighted by Crippen LogP contribution is 2.34. The number of para-hydroxylation sites is 2. The average Bonchev–Trinajstić information content (AvgIpc) is 2.89. The minimum absolute atomic E-state index is 0.218. The van der Waals surface area contributed by atoms with E-state index in [0.717, 1.165) is 10.9 Å². The highest BCUT2D eigenvalue weighted by Gasteiger charge is 2.20. The summed E-state index contributed by atoms with van der Waals surface area (Å²) in [5.41, 5.74) is 2.82. The van der Waals surface area contributed by atoms with Gasteiger partial charge in [-0.1, -0.05) is 30.3 Å². The maximum Gasteiger partial charge on any atom is 0.338 e. The number of hydrogen-bond donors (Lipinski definition) is 2. The van der Waals surface area contributed by atoms with Gasteiger partial charge < -0.3 is 14.8 Å². The number of hydrogen-bond acceptors (Lipinski definition) is 3. The molecular weight excluding hydrogens is 280 g/mol. The number of pyridine rings is 1. The van der Waals surface area contributed by atoms with Crippen molar-refractivity contribution in [2.45, 2.75) is 0 Å². The Hall–Kier alpha value is -3.08. The first-order valence-electron chi connectivity index (χ1n) is 6.81. The molecule has 2 N–H and O–H groups in total. The van der Waals surface area contributed by atoms with Gasteiger partial charge >= 0.3 is 5.97 Å². The first kappa shape index (κ1) is 12.6. The number of carboxylic acids is 1. The number of rotatable bonds is 2. The normalized spacial score (nSPS) is 11.3. The van der Waals surface area contributed by atoms with Crippen LogP contribution in [-0.2, 0) is 0 Å². The molecule has 2 aromatic carbocycles. The summed E-state index contributed by atoms with van der Waals surface area (Å²) < 4.78 is 5.33. The Balaban J connectivity index is 2.32. The van der Waals surface area contributed by atoms with Gasteiger partial charge in [-0.05, 0) is 12.1 Å². The number of carbonyl (C=O) groups is 1. The lowest BCUT2D eigenvalue weighted by Gasteiger charge is -2.08. The molecule has 0 aliphatic heterocycles. The molecule has 0 radical (unpaired) electrons. The molecule has 2 heterocycles. The Morgan fingerprint density at radius 1 is 1.09 bits per heavy atom. The molecule has 0 amide bonds. The van der Waals surface area contributed by atoms with Crippen molar-refractivity contribution in [3.05, 3.63) is 48.0 Å². The molecule has 0 unspecified atom stereocenters. The minimum atomic E-state index is -0.989. The van der Waals surface area contributed by atoms with Crippen LogP contribution >= 0.6 is 0 Å². The number of carboxylic acid groups (broad SMARTS) is 1. The average molecular weight is 292 g/mol. The van der Waals surface area contributed by atoms with Gasteiger partial charge in [-0.3, -0.25) is 0 Å². The van der Waals surface area contributed by atoms with Gasteiger partial charge in [-0.25, -0.2) is 9.78 Å². The largest absolute Gasteiger partial charge is 0.494 e. The Bertz CT molecular complexity index is 1050. The van der Waals surface area contributed by atoms with Gasteiger partial charge in [-0.2, -0.15) is 0 Å². The number of nitrogens with one attached hydrogen (secondary N) is 1. The first-order chi connectivity index (χ1) is 10.7. The highest BCUT2D eigenvalue weighted by atomic mass is 16.5. The molecule has 0 saturated heterocycles. The summed E-state index contributed by atoms with van der Waals surface area (Å²) in [6.45, 7) is 0. The monoisotopic (exact) mass is 292 g/mol. The van der Waals surface area contributed by atoms with Crippen LogP contribution in [0.3, 0.4) is 0 Å². The highest BCUT2D eigenvalue weighted by molar-refractivity contribution is 6.19. The lowest BCUT2D eigenvalue weighted by atomic mass is 10.1. The Morgan fingerprint density at radius 2 is 1.86 bits per heavy atom. The zero-order valence-electron chi connectivity index (χ0n) is 11.8. The summed E-state index contributed by atoms with van der Waals surface area (Å²) in [5.74, 6) is -0.426. The second kappa shape index (κ2) is 4.46. The molecule has 2 aromatic heterocycles. The maximum atomic E-state index is 11.8. The number of fused-ring (bicyclic) bond motifs is 4. The van der Waals surface area contributed by atoms with Crippen LogP contribution < -0.4 is 4.74 Å². The fraction of sp³-hybridized carbons (Fsp3) is 0.0588. The van der Waals surface area contributed by atoms with Gasteiger partial charge in [0.05, 0.1) is 23.7 Å². The number of aromatic carboxylic acids is 1. The summed E-state index contributed by atoms with van der Waals surface area (Å²) in [6.07, 6.45) is 0. The molecule has 0 atom stereocenters. The second-order valence-electron chi connectivity index (χ2n) is 5.04. The lowest BCUT2D eigenvalue weighted by molar-refractivity contribution is 0.0701. The van der Waals surface area contributed by atoms with E-state index in [0.29, 0.717) is 27.7 Å². The molecule has 0 aliphatic rings. The van der Waals surface area contributed by atoms with Crippen molar-refractivity contribution in [1.82, 2.24) is 9.97 Å². The second-order valence-corrected chi connectivity index (χ2v) is 5.04. The maximum absolute atomic E-state index is 11.8. The lowest BCUT2D eigenvalue weighted by Crippen LogP contribution is -2.01. The molecule has 5 heteroatoms. The minimum Gasteiger partial charge on any atom is -0.494 e. The van der Waals surface area contributed by atoms with Gasteiger partial charge in [0.15, 0.2) is 0 Å². The molecule has 4 rings (SSSR count). The number of aromatic amines is 1. The Labute approximate surface area is 125 Å². The van der Waals surface area contributed by atoms with E-state index in [1.54, 1.807) is 25.3 Å². The van der Waals surface area contributed by atoms with E-state index in [-0.39, 0.29) is 5.56 Å². The number of benzene rings is 2. The van der Waals surface area contributed by atoms with Gasteiger partial charge in [0.25, 0.3) is 0 Å². The van der Waals surface area contributed by atoms with E-state index >= 15 is 0 Å². The fourth-order valence-electron chi connectivity index (χ4n) is 2.90. The number of ether oxygens (including phenoxy) is 1. The van der Waals surface area contributed by atoms with Crippen LogP contribution in [0, 0.1) is 0 Å². The van der Waals surface area contributed by atoms with Crippen molar-refractivity contribution >= 4 is 38.8 Å². The van der Waals surface area contributed by atoms with Gasteiger partial charge in [0, 0.05) is 16.3 Å². The summed E-state index contributed by atoms with van der Waals surface area (Å²) >= 11 is 0. The third kappa shape index (κ3) is 1.59. The molecule has 0 spiro atoms. The Morgan fingerprint density at radius 3 is 2.64 bits per heavy atom. The van der Waals surface area contributed by atoms with E-state index in [9.17, 15) is 9.90 Å². The zero-order chi connectivity index (χ0) is 15.3. The van der Waals surface area contributed by atoms with E-state index < -0.39 is 5.97 Å². The van der Waals surface area contributed by atoms with E-state index in [1.165, 1.54) is 0 Å². The van der Waals surface area contributed by atoms with Crippen molar-refractivity contribution < 1.29 is 14.6 Å². The molecule has 5 nitrogen and oxygen atoms in total. The number of aromatic nitrogens is 2. The van der Waals surface area contributed by atoms with Gasteiger partial charge in [0.2, 0.25) is 0 Å². The molecular formula is C17H12N2O3. The van der Waals surface area contributed by atoms with Gasteiger partial charge in [0.1, 0.15) is 11.3 Å². The van der Waals surface area contributed by atoms with Crippen molar-refractivity contribution in [3.63, 3.8) is 0 Å². The number of H-pyrrole nitrogens is 1. The smallest absolute Gasteiger partial charge is 0.338 e. The molecule has 0 bridgehead atoms. The van der Waals surface area contributed by atoms with Crippen LogP contribution in [-0.4, -0.2) is 28.2 Å². The van der Waals surface area contributed by atoms with Crippen LogP contribution in [0.25, 0.3) is 32.8 Å². The summed E-state index contributed by atoms with van der Waals surface area (Å²) in [4.78, 5) is 19.7. The predicted molar refractivity (Wildman–Crippen MR) is 84.6 cm³/mol.